The van der Waals surface area contributed by atoms with Crippen LogP contribution in [0.5, 0.6) is 5.75 Å². The zero-order chi connectivity index (χ0) is 19.5. The van der Waals surface area contributed by atoms with Gasteiger partial charge in [0.25, 0.3) is 5.91 Å². The molecular weight excluding hydrogens is 350 g/mol. The van der Waals surface area contributed by atoms with E-state index in [0.29, 0.717) is 24.7 Å². The van der Waals surface area contributed by atoms with E-state index in [4.69, 9.17) is 9.72 Å². The van der Waals surface area contributed by atoms with E-state index >= 15 is 0 Å². The first-order valence-electron chi connectivity index (χ1n) is 10.3. The maximum atomic E-state index is 13.0. The molecule has 1 amide bonds. The van der Waals surface area contributed by atoms with Gasteiger partial charge in [0.1, 0.15) is 17.5 Å². The van der Waals surface area contributed by atoms with Crippen LogP contribution in [0.3, 0.4) is 0 Å². The molecule has 0 bridgehead atoms. The molecule has 28 heavy (non-hydrogen) atoms. The lowest BCUT2D eigenvalue weighted by atomic mass is 10.0. The number of benzene rings is 1. The smallest absolute Gasteiger partial charge is 0.272 e. The number of nitrogens with zero attached hydrogens (tertiary/aromatic N) is 3. The Morgan fingerprint density at radius 2 is 1.82 bits per heavy atom. The Labute approximate surface area is 167 Å². The minimum atomic E-state index is 0.0440. The standard InChI is InChI=1S/C23H29N3O2/c1-17-6-3-4-9-22(17)28-19-11-14-26(15-12-19)23(27)21-8-5-7-20(24-21)18-10-13-25(2)16-18/h3-9,18-19H,10-16H2,1-2H3. The van der Waals surface area contributed by atoms with Gasteiger partial charge in [-0.2, -0.15) is 0 Å². The van der Waals surface area contributed by atoms with Gasteiger partial charge < -0.3 is 14.5 Å². The fourth-order valence-corrected chi connectivity index (χ4v) is 4.18. The predicted octanol–water partition coefficient (Wildman–Crippen LogP) is 3.49. The average Bonchev–Trinajstić information content (AvgIpc) is 3.16. The van der Waals surface area contributed by atoms with Crippen LogP contribution in [0.1, 0.15) is 46.9 Å². The first-order valence-corrected chi connectivity index (χ1v) is 10.3. The zero-order valence-corrected chi connectivity index (χ0v) is 16.8. The van der Waals surface area contributed by atoms with Gasteiger partial charge in [0.05, 0.1) is 0 Å². The molecule has 5 nitrogen and oxygen atoms in total. The van der Waals surface area contributed by atoms with Crippen LogP contribution >= 0.6 is 0 Å². The maximum absolute atomic E-state index is 13.0. The van der Waals surface area contributed by atoms with E-state index in [0.717, 1.165) is 49.4 Å². The Hall–Kier alpha value is -2.40. The molecule has 1 unspecified atom stereocenters. The highest BCUT2D eigenvalue weighted by atomic mass is 16.5. The predicted molar refractivity (Wildman–Crippen MR) is 110 cm³/mol. The number of pyridine rings is 1. The molecule has 1 atom stereocenters. The van der Waals surface area contributed by atoms with Gasteiger partial charge in [0.2, 0.25) is 0 Å². The molecule has 0 N–H and O–H groups in total. The van der Waals surface area contributed by atoms with Crippen LogP contribution in [0, 0.1) is 6.92 Å². The minimum absolute atomic E-state index is 0.0440. The van der Waals surface area contributed by atoms with Crippen LogP contribution in [0.2, 0.25) is 0 Å². The number of amides is 1. The van der Waals surface area contributed by atoms with Crippen LogP contribution in [-0.2, 0) is 0 Å². The summed E-state index contributed by atoms with van der Waals surface area (Å²) in [5, 5.41) is 0. The summed E-state index contributed by atoms with van der Waals surface area (Å²) in [5.74, 6) is 1.43. The molecular formula is C23H29N3O2. The van der Waals surface area contributed by atoms with Crippen molar-refractivity contribution in [2.24, 2.45) is 0 Å². The highest BCUT2D eigenvalue weighted by Crippen LogP contribution is 2.26. The average molecular weight is 380 g/mol. The highest BCUT2D eigenvalue weighted by Gasteiger charge is 2.27. The summed E-state index contributed by atoms with van der Waals surface area (Å²) in [5.41, 5.74) is 2.78. The second-order valence-corrected chi connectivity index (χ2v) is 8.07. The van der Waals surface area contributed by atoms with Crippen LogP contribution in [0.4, 0.5) is 0 Å². The number of piperidine rings is 1. The topological polar surface area (TPSA) is 45.7 Å². The van der Waals surface area contributed by atoms with Crippen LogP contribution in [0.25, 0.3) is 0 Å². The summed E-state index contributed by atoms with van der Waals surface area (Å²) >= 11 is 0. The molecule has 1 aromatic carbocycles. The number of hydrogen-bond acceptors (Lipinski definition) is 4. The number of carbonyl (C=O) groups excluding carboxylic acids is 1. The summed E-state index contributed by atoms with van der Waals surface area (Å²) in [6.45, 7) is 5.61. The van der Waals surface area contributed by atoms with E-state index < -0.39 is 0 Å². The number of likely N-dealkylation sites (tertiary alicyclic amines) is 2. The Kier molecular flexibility index (Phi) is 5.62. The van der Waals surface area contributed by atoms with Crippen molar-refractivity contribution in [3.05, 3.63) is 59.4 Å². The SMILES string of the molecule is Cc1ccccc1OC1CCN(C(=O)c2cccc(C3CCN(C)C3)n2)CC1. The van der Waals surface area contributed by atoms with E-state index in [1.165, 1.54) is 0 Å². The van der Waals surface area contributed by atoms with Crippen molar-refractivity contribution in [2.45, 2.75) is 38.2 Å². The number of aryl methyl sites for hydroxylation is 1. The Balaban J connectivity index is 1.36. The molecule has 2 fully saturated rings. The normalized spacial score (nSPS) is 21.1. The Morgan fingerprint density at radius 3 is 2.54 bits per heavy atom. The molecule has 3 heterocycles. The second-order valence-electron chi connectivity index (χ2n) is 8.07. The number of carbonyl (C=O) groups is 1. The fraction of sp³-hybridized carbons (Fsp3) is 0.478. The van der Waals surface area contributed by atoms with E-state index in [1.54, 1.807) is 0 Å². The van der Waals surface area contributed by atoms with E-state index in [1.807, 2.05) is 35.2 Å². The van der Waals surface area contributed by atoms with Crippen molar-refractivity contribution in [3.63, 3.8) is 0 Å². The van der Waals surface area contributed by atoms with Gasteiger partial charge >= 0.3 is 0 Å². The lowest BCUT2D eigenvalue weighted by molar-refractivity contribution is 0.0588. The third-order valence-corrected chi connectivity index (χ3v) is 5.92. The quantitative estimate of drug-likeness (QED) is 0.816. The Morgan fingerprint density at radius 1 is 1.04 bits per heavy atom. The summed E-state index contributed by atoms with van der Waals surface area (Å²) in [4.78, 5) is 21.9. The summed E-state index contributed by atoms with van der Waals surface area (Å²) < 4.78 is 6.16. The van der Waals surface area contributed by atoms with Crippen LogP contribution < -0.4 is 4.74 Å². The number of ether oxygens (including phenoxy) is 1. The third-order valence-electron chi connectivity index (χ3n) is 5.92. The number of para-hydroxylation sites is 1. The molecule has 0 saturated carbocycles. The monoisotopic (exact) mass is 379 g/mol. The van der Waals surface area contributed by atoms with Gasteiger partial charge in [-0.05, 0) is 50.7 Å². The van der Waals surface area contributed by atoms with Crippen molar-refractivity contribution in [1.29, 1.82) is 0 Å². The second kappa shape index (κ2) is 8.31. The molecule has 1 aromatic heterocycles. The number of hydrogen-bond donors (Lipinski definition) is 0. The highest BCUT2D eigenvalue weighted by molar-refractivity contribution is 5.92. The molecule has 4 rings (SSSR count). The lowest BCUT2D eigenvalue weighted by Crippen LogP contribution is -2.42. The molecule has 2 aliphatic rings. The van der Waals surface area contributed by atoms with Gasteiger partial charge in [0.15, 0.2) is 0 Å². The lowest BCUT2D eigenvalue weighted by Gasteiger charge is -2.32. The molecule has 0 radical (unpaired) electrons. The summed E-state index contributed by atoms with van der Waals surface area (Å²) in [7, 11) is 2.14. The number of aromatic nitrogens is 1. The number of rotatable bonds is 4. The fourth-order valence-electron chi connectivity index (χ4n) is 4.18. The van der Waals surface area contributed by atoms with E-state index in [9.17, 15) is 4.79 Å². The van der Waals surface area contributed by atoms with Crippen molar-refractivity contribution in [1.82, 2.24) is 14.8 Å². The Bertz CT molecular complexity index is 830. The summed E-state index contributed by atoms with van der Waals surface area (Å²) in [6, 6.07) is 14.0. The van der Waals surface area contributed by atoms with Gasteiger partial charge in [0, 0.05) is 44.1 Å². The van der Waals surface area contributed by atoms with Crippen molar-refractivity contribution in [3.8, 4) is 5.75 Å². The van der Waals surface area contributed by atoms with Crippen molar-refractivity contribution >= 4 is 5.91 Å². The molecule has 2 aliphatic heterocycles. The van der Waals surface area contributed by atoms with Gasteiger partial charge in [-0.3, -0.25) is 4.79 Å². The zero-order valence-electron chi connectivity index (χ0n) is 16.8. The maximum Gasteiger partial charge on any atom is 0.272 e. The molecule has 5 heteroatoms. The van der Waals surface area contributed by atoms with Crippen molar-refractivity contribution in [2.75, 3.05) is 33.2 Å². The summed E-state index contributed by atoms with van der Waals surface area (Å²) in [6.07, 6.45) is 2.99. The first-order chi connectivity index (χ1) is 13.6. The molecule has 0 aliphatic carbocycles. The largest absolute Gasteiger partial charge is 0.490 e. The van der Waals surface area contributed by atoms with E-state index in [2.05, 4.69) is 31.0 Å². The molecule has 2 aromatic rings. The van der Waals surface area contributed by atoms with Gasteiger partial charge in [-0.25, -0.2) is 4.98 Å². The molecule has 148 valence electrons. The van der Waals surface area contributed by atoms with Crippen LogP contribution in [-0.4, -0.2) is 60.0 Å². The first kappa shape index (κ1) is 18.9. The van der Waals surface area contributed by atoms with Crippen LogP contribution in [0.15, 0.2) is 42.5 Å². The minimum Gasteiger partial charge on any atom is -0.490 e. The third kappa shape index (κ3) is 4.20. The van der Waals surface area contributed by atoms with Gasteiger partial charge in [-0.1, -0.05) is 24.3 Å². The van der Waals surface area contributed by atoms with Crippen molar-refractivity contribution < 1.29 is 9.53 Å². The van der Waals surface area contributed by atoms with Gasteiger partial charge in [-0.15, -0.1) is 0 Å². The molecule has 0 spiro atoms. The van der Waals surface area contributed by atoms with E-state index in [-0.39, 0.29) is 12.0 Å². The molecule has 2 saturated heterocycles. The number of likely N-dealkylation sites (N-methyl/N-ethyl adjacent to an activating group) is 1.